The van der Waals surface area contributed by atoms with Gasteiger partial charge in [-0.2, -0.15) is 56.4 Å². The number of rotatable bonds is 16. The Morgan fingerprint density at radius 3 is 0.484 bits per heavy atom. The van der Waals surface area contributed by atoms with Gasteiger partial charge in [-0.1, -0.05) is 138 Å². The average molecular weight is 1070 g/mol. The zero-order valence-electron chi connectivity index (χ0n) is 46.4. The number of urea groups is 4. The van der Waals surface area contributed by atoms with E-state index in [0.29, 0.717) is 26.2 Å². The second-order valence-corrected chi connectivity index (χ2v) is 18.9. The van der Waals surface area contributed by atoms with Crippen LogP contribution in [0, 0.1) is 10.8 Å². The van der Waals surface area contributed by atoms with Crippen molar-refractivity contribution in [1.29, 1.82) is 0 Å². The van der Waals surface area contributed by atoms with Gasteiger partial charge in [-0.05, 0) is 85.3 Å². The van der Waals surface area contributed by atoms with E-state index in [9.17, 15) is 19.2 Å². The second kappa shape index (κ2) is 45.5. The zero-order chi connectivity index (χ0) is 50.7. The standard InChI is InChI=1S/2C19H40N4O2.4C2H6N.2Zr/c2*1-13(2)22(14(3)4)17(24)20-11-19(9,10)12-21-18(25)23(15(5)6)16(7)8;4*1-3-2;;/h2*13-16H,11-12H2,1-10H3,(H2,20,21,24,25);4*1-2H3;;/q;;4*-1;2*+4/p-4. The first-order valence-electron chi connectivity index (χ1n) is 22.2. The minimum Gasteiger partial charge on any atom is -0.668 e. The summed E-state index contributed by atoms with van der Waals surface area (Å²) >= 11 is 0. The Bertz CT molecular complexity index is 915. The number of amides is 8. The first-order valence-corrected chi connectivity index (χ1v) is 22.2. The van der Waals surface area contributed by atoms with Gasteiger partial charge in [-0.3, -0.25) is 19.2 Å². The summed E-state index contributed by atoms with van der Waals surface area (Å²) in [5, 5.41) is 30.9. The molecule has 64 heavy (non-hydrogen) atoms. The van der Waals surface area contributed by atoms with Crippen LogP contribution in [0.25, 0.3) is 42.5 Å². The molecule has 0 spiro atoms. The van der Waals surface area contributed by atoms with Crippen molar-refractivity contribution in [3.63, 3.8) is 0 Å². The fraction of sp³-hybridized carbons (Fsp3) is 0.913. The van der Waals surface area contributed by atoms with Crippen molar-refractivity contribution in [3.8, 4) is 0 Å². The Morgan fingerprint density at radius 1 is 0.312 bits per heavy atom. The van der Waals surface area contributed by atoms with Crippen molar-refractivity contribution < 1.29 is 71.6 Å². The van der Waals surface area contributed by atoms with Crippen LogP contribution in [0.3, 0.4) is 0 Å². The molecule has 0 bridgehead atoms. The zero-order valence-corrected chi connectivity index (χ0v) is 51.4. The SMILES string of the molecule is CC(C)N(C(=O)[N-]CC(C)(C)C[N-]C(=O)N(C(C)C)C(C)C)C(C)C.CC(C)N(C(=O)[N-]CC(C)(C)C[N-]C(=O)N(C(C)C)C(C)C)C(C)C.C[N-]C.C[N-]C.C[N-]C.C[N-]C.[Zr+4].[Zr+4]. The summed E-state index contributed by atoms with van der Waals surface area (Å²) in [6.45, 7) is 41.1. The van der Waals surface area contributed by atoms with E-state index in [1.165, 1.54) is 0 Å². The smallest absolute Gasteiger partial charge is 0.668 e. The number of hydrogen-bond acceptors (Lipinski definition) is 4. The molecule has 0 aromatic heterocycles. The molecule has 0 rings (SSSR count). The topological polar surface area (TPSA) is 194 Å². The van der Waals surface area contributed by atoms with Crippen molar-refractivity contribution in [2.24, 2.45) is 10.8 Å². The molecule has 0 N–H and O–H groups in total. The maximum atomic E-state index is 12.4. The van der Waals surface area contributed by atoms with Crippen molar-refractivity contribution >= 4 is 24.1 Å². The van der Waals surface area contributed by atoms with Crippen LogP contribution >= 0.6 is 0 Å². The van der Waals surface area contributed by atoms with Crippen LogP contribution < -0.4 is 0 Å². The summed E-state index contributed by atoms with van der Waals surface area (Å²) in [4.78, 5) is 56.5. The van der Waals surface area contributed by atoms with Crippen LogP contribution in [-0.4, -0.2) is 175 Å². The van der Waals surface area contributed by atoms with Gasteiger partial charge in [0.1, 0.15) is 0 Å². The number of nitrogens with zero attached hydrogens (tertiary/aromatic N) is 12. The Kier molecular flexibility index (Phi) is 56.7. The van der Waals surface area contributed by atoms with Crippen LogP contribution in [0.4, 0.5) is 19.2 Å². The van der Waals surface area contributed by atoms with E-state index >= 15 is 0 Å². The molecule has 0 aliphatic heterocycles. The van der Waals surface area contributed by atoms with Gasteiger partial charge in [0.15, 0.2) is 24.1 Å². The molecule has 0 aromatic rings. The largest absolute Gasteiger partial charge is 4.00 e. The van der Waals surface area contributed by atoms with Crippen molar-refractivity contribution in [1.82, 2.24) is 19.6 Å². The molecule has 0 heterocycles. The van der Waals surface area contributed by atoms with Gasteiger partial charge in [-0.25, -0.2) is 0 Å². The van der Waals surface area contributed by atoms with E-state index in [1.807, 2.05) is 138 Å². The van der Waals surface area contributed by atoms with Crippen LogP contribution in [0.2, 0.25) is 0 Å². The molecule has 0 radical (unpaired) electrons. The normalized spacial score (nSPS) is 10.6. The van der Waals surface area contributed by atoms with Crippen molar-refractivity contribution in [2.75, 3.05) is 82.6 Å². The molecular weight excluding hydrogens is 967 g/mol. The van der Waals surface area contributed by atoms with Crippen molar-refractivity contribution in [3.05, 3.63) is 42.5 Å². The third kappa shape index (κ3) is 43.3. The Morgan fingerprint density at radius 2 is 0.406 bits per heavy atom. The van der Waals surface area contributed by atoms with E-state index in [-0.39, 0.29) is 136 Å². The van der Waals surface area contributed by atoms with E-state index in [4.69, 9.17) is 0 Å². The molecule has 0 saturated carbocycles. The van der Waals surface area contributed by atoms with E-state index in [0.717, 1.165) is 0 Å². The molecular formula is C46H100N12O4Zr2. The second-order valence-electron chi connectivity index (χ2n) is 18.9. The van der Waals surface area contributed by atoms with E-state index in [2.05, 4.69) is 42.5 Å². The van der Waals surface area contributed by atoms with E-state index in [1.54, 1.807) is 76.0 Å². The first kappa shape index (κ1) is 79.8. The van der Waals surface area contributed by atoms with Gasteiger partial charge < -0.3 is 62.1 Å². The van der Waals surface area contributed by atoms with Crippen LogP contribution in [0.5, 0.6) is 0 Å². The molecule has 16 nitrogen and oxygen atoms in total. The Hall–Kier alpha value is -1.31. The maximum absolute atomic E-state index is 12.4. The van der Waals surface area contributed by atoms with Crippen LogP contribution in [0.15, 0.2) is 0 Å². The summed E-state index contributed by atoms with van der Waals surface area (Å²) in [5.74, 6) is 0. The summed E-state index contributed by atoms with van der Waals surface area (Å²) in [6, 6.07) is 0.0664. The van der Waals surface area contributed by atoms with Crippen molar-refractivity contribution in [2.45, 2.75) is 187 Å². The number of carbonyl (C=O) groups is 4. The van der Waals surface area contributed by atoms with Gasteiger partial charge in [-0.15, -0.1) is 0 Å². The minimum atomic E-state index is -0.343. The quantitative estimate of drug-likeness (QED) is 0.148. The number of hydrogen-bond donors (Lipinski definition) is 0. The minimum absolute atomic E-state index is 0. The molecule has 0 fully saturated rings. The first-order chi connectivity index (χ1) is 28.3. The van der Waals surface area contributed by atoms with Gasteiger partial charge in [0.05, 0.1) is 0 Å². The van der Waals surface area contributed by atoms with Crippen LogP contribution in [-0.2, 0) is 52.4 Å². The Labute approximate surface area is 435 Å². The summed E-state index contributed by atoms with van der Waals surface area (Å²) in [5.41, 5.74) is -0.685. The fourth-order valence-electron chi connectivity index (χ4n) is 5.71. The molecule has 0 unspecified atom stereocenters. The molecule has 0 aliphatic rings. The average Bonchev–Trinajstić information content (AvgIpc) is 3.09. The summed E-state index contributed by atoms with van der Waals surface area (Å²) in [7, 11) is 14.0. The monoisotopic (exact) mass is 1060 g/mol. The van der Waals surface area contributed by atoms with Gasteiger partial charge in [0.25, 0.3) is 0 Å². The van der Waals surface area contributed by atoms with Gasteiger partial charge in [0, 0.05) is 0 Å². The number of carbonyl (C=O) groups excluding carboxylic acids is 4. The summed E-state index contributed by atoms with van der Waals surface area (Å²) in [6.07, 6.45) is 0. The van der Waals surface area contributed by atoms with Crippen LogP contribution in [0.1, 0.15) is 138 Å². The predicted octanol–water partition coefficient (Wildman–Crippen LogP) is 12.9. The maximum Gasteiger partial charge on any atom is 4.00 e. The molecule has 18 heteroatoms. The molecule has 0 aromatic carbocycles. The molecule has 0 atom stereocenters. The third-order valence-corrected chi connectivity index (χ3v) is 7.90. The molecule has 0 aliphatic carbocycles. The fourth-order valence-corrected chi connectivity index (χ4v) is 5.71. The van der Waals surface area contributed by atoms with Gasteiger partial charge >= 0.3 is 52.4 Å². The molecule has 8 amide bonds. The summed E-state index contributed by atoms with van der Waals surface area (Å²) < 4.78 is 0. The third-order valence-electron chi connectivity index (χ3n) is 7.90. The van der Waals surface area contributed by atoms with Gasteiger partial charge in [0.2, 0.25) is 0 Å². The Balaban J connectivity index is -0.000000127. The van der Waals surface area contributed by atoms with E-state index < -0.39 is 0 Å². The molecule has 376 valence electrons. The molecule has 0 saturated heterocycles. The predicted molar refractivity (Wildman–Crippen MR) is 271 cm³/mol.